The van der Waals surface area contributed by atoms with Crippen LogP contribution in [-0.4, -0.2) is 48.3 Å². The number of amides is 1. The van der Waals surface area contributed by atoms with Crippen LogP contribution in [0.25, 0.3) is 11.4 Å². The summed E-state index contributed by atoms with van der Waals surface area (Å²) in [5.74, 6) is 2.47. The van der Waals surface area contributed by atoms with Gasteiger partial charge in [0.1, 0.15) is 11.5 Å². The highest BCUT2D eigenvalue weighted by molar-refractivity contribution is 5.95. The van der Waals surface area contributed by atoms with Gasteiger partial charge in [-0.15, -0.1) is 0 Å². The molecule has 0 bridgehead atoms. The fourth-order valence-corrected chi connectivity index (χ4v) is 3.06. The zero-order valence-corrected chi connectivity index (χ0v) is 15.1. The molecule has 1 aromatic heterocycles. The van der Waals surface area contributed by atoms with Gasteiger partial charge in [-0.2, -0.15) is 4.98 Å². The van der Waals surface area contributed by atoms with E-state index in [2.05, 4.69) is 10.1 Å². The van der Waals surface area contributed by atoms with E-state index in [0.29, 0.717) is 36.1 Å². The van der Waals surface area contributed by atoms with E-state index < -0.39 is 0 Å². The van der Waals surface area contributed by atoms with Crippen molar-refractivity contribution in [2.45, 2.75) is 5.92 Å². The third-order valence-corrected chi connectivity index (χ3v) is 4.64. The third-order valence-electron chi connectivity index (χ3n) is 4.64. The highest BCUT2D eigenvalue weighted by Crippen LogP contribution is 2.31. The van der Waals surface area contributed by atoms with Crippen LogP contribution in [-0.2, 0) is 0 Å². The maximum Gasteiger partial charge on any atom is 0.253 e. The Hall–Kier alpha value is -3.35. The molecule has 0 spiro atoms. The molecular weight excluding hydrogens is 346 g/mol. The third kappa shape index (κ3) is 3.23. The van der Waals surface area contributed by atoms with Crippen molar-refractivity contribution in [3.8, 4) is 22.9 Å². The Morgan fingerprint density at radius 2 is 1.81 bits per heavy atom. The summed E-state index contributed by atoms with van der Waals surface area (Å²) in [4.78, 5) is 18.8. The van der Waals surface area contributed by atoms with Crippen LogP contribution in [0.2, 0.25) is 0 Å². The molecule has 2 heterocycles. The summed E-state index contributed by atoms with van der Waals surface area (Å²) >= 11 is 0. The van der Waals surface area contributed by atoms with E-state index in [1.807, 2.05) is 24.3 Å². The van der Waals surface area contributed by atoms with Crippen LogP contribution >= 0.6 is 0 Å². The molecule has 0 radical (unpaired) electrons. The van der Waals surface area contributed by atoms with Crippen LogP contribution < -0.4 is 9.47 Å². The molecule has 7 heteroatoms. The van der Waals surface area contributed by atoms with Crippen LogP contribution in [0.4, 0.5) is 0 Å². The number of hydrogen-bond acceptors (Lipinski definition) is 6. The van der Waals surface area contributed by atoms with Crippen LogP contribution in [0.15, 0.2) is 53.1 Å². The summed E-state index contributed by atoms with van der Waals surface area (Å²) in [6.45, 7) is 1.11. The number of aromatic nitrogens is 2. The summed E-state index contributed by atoms with van der Waals surface area (Å²) < 4.78 is 15.9. The van der Waals surface area contributed by atoms with Gasteiger partial charge in [0.05, 0.1) is 25.7 Å². The molecule has 0 unspecified atom stereocenters. The number of carbonyl (C=O) groups is 1. The fourth-order valence-electron chi connectivity index (χ4n) is 3.06. The lowest BCUT2D eigenvalue weighted by Gasteiger charge is -2.37. The quantitative estimate of drug-likeness (QED) is 0.692. The van der Waals surface area contributed by atoms with Crippen LogP contribution in [0.5, 0.6) is 11.5 Å². The number of para-hydroxylation sites is 1. The molecule has 1 aliphatic heterocycles. The van der Waals surface area contributed by atoms with Crippen LogP contribution in [0.1, 0.15) is 22.2 Å². The molecule has 3 aromatic rings. The van der Waals surface area contributed by atoms with Crippen LogP contribution in [0, 0.1) is 0 Å². The van der Waals surface area contributed by atoms with Crippen molar-refractivity contribution in [3.63, 3.8) is 0 Å². The van der Waals surface area contributed by atoms with Crippen molar-refractivity contribution < 1.29 is 18.8 Å². The first-order valence-electron chi connectivity index (χ1n) is 8.60. The Morgan fingerprint density at radius 3 is 2.52 bits per heavy atom. The lowest BCUT2D eigenvalue weighted by molar-refractivity contribution is 0.0569. The maximum absolute atomic E-state index is 12.5. The lowest BCUT2D eigenvalue weighted by atomic mass is 9.98. The maximum atomic E-state index is 12.5. The van der Waals surface area contributed by atoms with E-state index in [1.165, 1.54) is 0 Å². The van der Waals surface area contributed by atoms with Gasteiger partial charge >= 0.3 is 0 Å². The molecule has 2 aromatic carbocycles. The van der Waals surface area contributed by atoms with Gasteiger partial charge in [0.15, 0.2) is 0 Å². The Bertz CT molecular complexity index is 946. The average molecular weight is 365 g/mol. The number of methoxy groups -OCH3 is 2. The number of nitrogens with zero attached hydrogens (tertiary/aromatic N) is 3. The van der Waals surface area contributed by atoms with Crippen molar-refractivity contribution >= 4 is 5.91 Å². The van der Waals surface area contributed by atoms with Gasteiger partial charge in [-0.1, -0.05) is 17.3 Å². The van der Waals surface area contributed by atoms with Gasteiger partial charge in [-0.05, 0) is 36.4 Å². The highest BCUT2D eigenvalue weighted by Gasteiger charge is 2.36. The SMILES string of the molecule is COc1ccc(C(=O)N2CC(c3nc(-c4ccccc4OC)no3)C2)cc1. The standard InChI is InChI=1S/C20H19N3O4/c1-25-15-9-7-13(8-10-15)20(24)23-11-14(12-23)19-21-18(22-27-19)16-5-3-4-6-17(16)26-2/h3-10,14H,11-12H2,1-2H3. The topological polar surface area (TPSA) is 77.7 Å². The normalized spacial score (nSPS) is 13.9. The summed E-state index contributed by atoms with van der Waals surface area (Å²) in [7, 11) is 3.20. The molecule has 1 fully saturated rings. The number of carbonyl (C=O) groups excluding carboxylic acids is 1. The number of hydrogen-bond donors (Lipinski definition) is 0. The molecule has 0 aliphatic carbocycles. The number of benzene rings is 2. The van der Waals surface area contributed by atoms with Crippen molar-refractivity contribution in [1.29, 1.82) is 0 Å². The van der Waals surface area contributed by atoms with Gasteiger partial charge in [0, 0.05) is 18.7 Å². The van der Waals surface area contributed by atoms with E-state index >= 15 is 0 Å². The molecule has 0 atom stereocenters. The Morgan fingerprint density at radius 1 is 1.07 bits per heavy atom. The zero-order chi connectivity index (χ0) is 18.8. The predicted molar refractivity (Wildman–Crippen MR) is 97.9 cm³/mol. The van der Waals surface area contributed by atoms with Gasteiger partial charge in [-0.3, -0.25) is 4.79 Å². The first-order valence-corrected chi connectivity index (χ1v) is 8.60. The van der Waals surface area contributed by atoms with Crippen LogP contribution in [0.3, 0.4) is 0 Å². The molecule has 0 N–H and O–H groups in total. The second-order valence-corrected chi connectivity index (χ2v) is 6.29. The molecule has 27 heavy (non-hydrogen) atoms. The first-order chi connectivity index (χ1) is 13.2. The van der Waals surface area contributed by atoms with E-state index in [-0.39, 0.29) is 11.8 Å². The summed E-state index contributed by atoms with van der Waals surface area (Å²) in [5.41, 5.74) is 1.41. The van der Waals surface area contributed by atoms with Gasteiger partial charge in [0.25, 0.3) is 5.91 Å². The molecule has 1 aliphatic rings. The van der Waals surface area contributed by atoms with Gasteiger partial charge in [0.2, 0.25) is 11.7 Å². The lowest BCUT2D eigenvalue weighted by Crippen LogP contribution is -2.48. The molecule has 138 valence electrons. The van der Waals surface area contributed by atoms with Crippen molar-refractivity contribution in [2.75, 3.05) is 27.3 Å². The van der Waals surface area contributed by atoms with E-state index in [9.17, 15) is 4.79 Å². The predicted octanol–water partition coefficient (Wildman–Crippen LogP) is 2.99. The van der Waals surface area contributed by atoms with Crippen molar-refractivity contribution in [3.05, 3.63) is 60.0 Å². The first kappa shape index (κ1) is 17.1. The second-order valence-electron chi connectivity index (χ2n) is 6.29. The average Bonchev–Trinajstić information content (AvgIpc) is 3.16. The van der Waals surface area contributed by atoms with Gasteiger partial charge < -0.3 is 18.9 Å². The smallest absolute Gasteiger partial charge is 0.253 e. The van der Waals surface area contributed by atoms with E-state index in [4.69, 9.17) is 14.0 Å². The second kappa shape index (κ2) is 7.11. The van der Waals surface area contributed by atoms with Crippen molar-refractivity contribution in [1.82, 2.24) is 15.0 Å². The van der Waals surface area contributed by atoms with Gasteiger partial charge in [-0.25, -0.2) is 0 Å². The number of rotatable bonds is 5. The minimum Gasteiger partial charge on any atom is -0.497 e. The minimum atomic E-state index is -0.0154. The monoisotopic (exact) mass is 365 g/mol. The molecule has 1 saturated heterocycles. The summed E-state index contributed by atoms with van der Waals surface area (Å²) in [6.07, 6.45) is 0. The molecule has 0 saturated carbocycles. The van der Waals surface area contributed by atoms with E-state index in [1.54, 1.807) is 43.4 Å². The van der Waals surface area contributed by atoms with E-state index in [0.717, 1.165) is 11.3 Å². The highest BCUT2D eigenvalue weighted by atomic mass is 16.5. The summed E-state index contributed by atoms with van der Waals surface area (Å²) in [6, 6.07) is 14.6. The molecular formula is C20H19N3O4. The number of ether oxygens (including phenoxy) is 2. The molecule has 1 amide bonds. The Kier molecular flexibility index (Phi) is 4.50. The number of likely N-dealkylation sites (tertiary alicyclic amines) is 1. The Balaban J connectivity index is 1.42. The Labute approximate surface area is 156 Å². The molecule has 7 nitrogen and oxygen atoms in total. The summed E-state index contributed by atoms with van der Waals surface area (Å²) in [5, 5.41) is 4.06. The largest absolute Gasteiger partial charge is 0.497 e. The fraction of sp³-hybridized carbons (Fsp3) is 0.250. The zero-order valence-electron chi connectivity index (χ0n) is 15.1. The molecule has 4 rings (SSSR count). The van der Waals surface area contributed by atoms with Crippen molar-refractivity contribution in [2.24, 2.45) is 0 Å². The minimum absolute atomic E-state index is 0.0154.